The number of hydrogen-bond acceptors (Lipinski definition) is 1. The monoisotopic (exact) mass is 810 g/mol. The van der Waals surface area contributed by atoms with E-state index in [1.165, 1.54) is 121 Å². The Kier molecular flexibility index (Phi) is 8.69. The third-order valence-electron chi connectivity index (χ3n) is 14.6. The number of fused-ring (bicyclic) bond motifs is 9. The largest absolute Gasteiger partial charge is 0.456 e. The molecule has 294 valence electrons. The number of rotatable bonds is 5. The molecule has 9 aromatic carbocycles. The summed E-state index contributed by atoms with van der Waals surface area (Å²) in [7, 11) is 16.3. The molecule has 0 aliphatic rings. The van der Waals surface area contributed by atoms with E-state index in [9.17, 15) is 0 Å². The van der Waals surface area contributed by atoms with Crippen molar-refractivity contribution in [3.63, 3.8) is 0 Å². The fraction of sp³-hybridized carbons (Fsp3) is 0. The molecule has 12 aromatic rings. The van der Waals surface area contributed by atoms with Crippen LogP contribution in [0.25, 0.3) is 110 Å². The molecular weight excluding hydrogens is 768 g/mol. The van der Waals surface area contributed by atoms with Gasteiger partial charge in [0, 0.05) is 38.1 Å². The van der Waals surface area contributed by atoms with Gasteiger partial charge < -0.3 is 13.6 Å². The summed E-state index contributed by atoms with van der Waals surface area (Å²) in [4.78, 5) is 0. The zero-order valence-corrected chi connectivity index (χ0v) is 37.4. The van der Waals surface area contributed by atoms with E-state index in [2.05, 4.69) is 228 Å². The van der Waals surface area contributed by atoms with Crippen LogP contribution in [-0.4, -0.2) is 64.1 Å². The number of benzene rings is 9. The second-order valence-electron chi connectivity index (χ2n) is 17.8. The van der Waals surface area contributed by atoms with E-state index in [1.54, 1.807) is 0 Å². The first-order valence-corrected chi connectivity index (χ1v) is 22.4. The molecule has 3 aromatic heterocycles. The molecule has 0 atom stereocenters. The van der Waals surface area contributed by atoms with Crippen LogP contribution >= 0.6 is 0 Å². The summed E-state index contributed by atoms with van der Waals surface area (Å²) in [5.41, 5.74) is 25.7. The molecule has 0 unspecified atom stereocenters. The number of nitrogens with zero attached hydrogens (tertiary/aromatic N) is 2. The number of para-hydroxylation sites is 2. The van der Waals surface area contributed by atoms with Crippen LogP contribution in [-0.2, 0) is 0 Å². The fourth-order valence-electron chi connectivity index (χ4n) is 11.1. The average molecular weight is 810 g/mol. The van der Waals surface area contributed by atoms with Gasteiger partial charge in [0.05, 0.1) is 27.8 Å². The van der Waals surface area contributed by atoms with Gasteiger partial charge in [-0.3, -0.25) is 0 Å². The molecule has 0 amide bonds. The Balaban J connectivity index is 1.18. The lowest BCUT2D eigenvalue weighted by Gasteiger charge is -2.19. The smallest absolute Gasteiger partial charge is 0.141 e. The minimum Gasteiger partial charge on any atom is -0.456 e. The van der Waals surface area contributed by atoms with Crippen LogP contribution in [0.1, 0.15) is 0 Å². The highest BCUT2D eigenvalue weighted by Gasteiger charge is 2.27. The van der Waals surface area contributed by atoms with Crippen molar-refractivity contribution in [3.05, 3.63) is 164 Å². The van der Waals surface area contributed by atoms with Crippen molar-refractivity contribution >= 4 is 159 Å². The Hall–Kier alpha value is -7.17. The molecule has 3 heterocycles. The van der Waals surface area contributed by atoms with E-state index >= 15 is 0 Å². The lowest BCUT2D eigenvalue weighted by Crippen LogP contribution is -2.48. The minimum atomic E-state index is 0.906. The molecule has 0 N–H and O–H groups in total. The van der Waals surface area contributed by atoms with Gasteiger partial charge in [0.15, 0.2) is 0 Å². The van der Waals surface area contributed by atoms with Crippen LogP contribution in [0.2, 0.25) is 0 Å². The first kappa shape index (κ1) is 38.5. The summed E-state index contributed by atoms with van der Waals surface area (Å²) >= 11 is 0. The third-order valence-corrected chi connectivity index (χ3v) is 14.6. The summed E-state index contributed by atoms with van der Waals surface area (Å²) < 4.78 is 11.6. The summed E-state index contributed by atoms with van der Waals surface area (Å²) in [6.45, 7) is 0. The lowest BCUT2D eigenvalue weighted by molar-refractivity contribution is 0.669. The molecule has 0 bridgehead atoms. The van der Waals surface area contributed by atoms with Gasteiger partial charge in [-0.05, 0) is 81.7 Å². The molecule has 0 radical (unpaired) electrons. The van der Waals surface area contributed by atoms with Crippen LogP contribution in [0.3, 0.4) is 0 Å². The standard InChI is InChI=1S/C54H41B7N2O/c55-46-42(47(56)51(60)53-44(46)45-48(57)49(58)50(59)52(61)54(45)63(53)39-19-11-21-41-43(39)33-17-8-10-20-40(33)64-41)31-23-25-38-35(27-31)34-26-30(28-12-3-1-4-13-28)22-24-37(34)62(38)36-18-9-7-16-32(36)29-14-5-2-6-15-29/h1-27H,55-61H2. The topological polar surface area (TPSA) is 23.0 Å². The summed E-state index contributed by atoms with van der Waals surface area (Å²) in [6, 6.07) is 59.6. The van der Waals surface area contributed by atoms with Crippen molar-refractivity contribution in [3.8, 4) is 44.8 Å². The highest BCUT2D eigenvalue weighted by molar-refractivity contribution is 6.69. The van der Waals surface area contributed by atoms with E-state index in [4.69, 9.17) is 4.42 Å². The van der Waals surface area contributed by atoms with E-state index in [0.29, 0.717) is 0 Å². The van der Waals surface area contributed by atoms with E-state index < -0.39 is 0 Å². The molecule has 0 saturated carbocycles. The van der Waals surface area contributed by atoms with Crippen molar-refractivity contribution in [2.45, 2.75) is 0 Å². The molecule has 0 fully saturated rings. The van der Waals surface area contributed by atoms with Gasteiger partial charge in [-0.1, -0.05) is 148 Å². The van der Waals surface area contributed by atoms with Gasteiger partial charge in [-0.25, -0.2) is 0 Å². The third kappa shape index (κ3) is 5.45. The van der Waals surface area contributed by atoms with Crippen LogP contribution in [0.5, 0.6) is 0 Å². The second-order valence-corrected chi connectivity index (χ2v) is 17.8. The number of aromatic nitrogens is 2. The maximum Gasteiger partial charge on any atom is 0.141 e. The van der Waals surface area contributed by atoms with Crippen molar-refractivity contribution < 1.29 is 4.42 Å². The Morgan fingerprint density at radius 1 is 0.328 bits per heavy atom. The Bertz CT molecular complexity index is 3930. The molecule has 0 aliphatic heterocycles. The minimum absolute atomic E-state index is 0.906. The summed E-state index contributed by atoms with van der Waals surface area (Å²) in [5.74, 6) is 0. The van der Waals surface area contributed by atoms with Crippen molar-refractivity contribution in [1.29, 1.82) is 0 Å². The van der Waals surface area contributed by atoms with Crippen LogP contribution in [0.15, 0.2) is 168 Å². The normalized spacial score (nSPS) is 11.9. The predicted molar refractivity (Wildman–Crippen MR) is 296 cm³/mol. The van der Waals surface area contributed by atoms with Crippen molar-refractivity contribution in [2.75, 3.05) is 0 Å². The van der Waals surface area contributed by atoms with Crippen LogP contribution < -0.4 is 38.2 Å². The molecule has 0 saturated heterocycles. The van der Waals surface area contributed by atoms with Crippen LogP contribution in [0.4, 0.5) is 0 Å². The second kappa shape index (κ2) is 14.4. The fourth-order valence-corrected chi connectivity index (χ4v) is 11.1. The van der Waals surface area contributed by atoms with Gasteiger partial charge >= 0.3 is 0 Å². The molecule has 10 heteroatoms. The van der Waals surface area contributed by atoms with E-state index in [1.807, 2.05) is 0 Å². The number of hydrogen-bond donors (Lipinski definition) is 0. The van der Waals surface area contributed by atoms with E-state index in [-0.39, 0.29) is 0 Å². The van der Waals surface area contributed by atoms with Gasteiger partial charge in [0.25, 0.3) is 0 Å². The SMILES string of the molecule is Bc1c(B)c(B)c2c(c1B)c1c(B)c(-c3ccc4c(c3)c3cc(-c5ccccc5)ccc3n4-c3ccccc3-c3ccccc3)c(B)c(B)c1n2-c1cccc2oc3ccccc3c12. The molecule has 64 heavy (non-hydrogen) atoms. The molecule has 0 aliphatic carbocycles. The quantitative estimate of drug-likeness (QED) is 0.246. The van der Waals surface area contributed by atoms with Gasteiger partial charge in [0.1, 0.15) is 66.1 Å². The van der Waals surface area contributed by atoms with Gasteiger partial charge in [-0.2, -0.15) is 0 Å². The first-order valence-electron chi connectivity index (χ1n) is 22.4. The van der Waals surface area contributed by atoms with Crippen LogP contribution in [0, 0.1) is 0 Å². The lowest BCUT2D eigenvalue weighted by atomic mass is 9.64. The number of furan rings is 1. The predicted octanol–water partition coefficient (Wildman–Crippen LogP) is 2.59. The molecule has 0 spiro atoms. The zero-order valence-electron chi connectivity index (χ0n) is 37.4. The molecule has 12 rings (SSSR count). The summed E-state index contributed by atoms with van der Waals surface area (Å²) in [5, 5.41) is 7.43. The zero-order chi connectivity index (χ0) is 43.5. The van der Waals surface area contributed by atoms with Crippen molar-refractivity contribution in [1.82, 2.24) is 9.13 Å². The van der Waals surface area contributed by atoms with Gasteiger partial charge in [-0.15, -0.1) is 5.46 Å². The average Bonchev–Trinajstić information content (AvgIpc) is 4.01. The molecule has 3 nitrogen and oxygen atoms in total. The van der Waals surface area contributed by atoms with Crippen molar-refractivity contribution in [2.24, 2.45) is 0 Å². The Morgan fingerprint density at radius 2 is 0.875 bits per heavy atom. The maximum absolute atomic E-state index is 6.51. The van der Waals surface area contributed by atoms with E-state index in [0.717, 1.165) is 27.6 Å². The van der Waals surface area contributed by atoms with Gasteiger partial charge in [0.2, 0.25) is 0 Å². The summed E-state index contributed by atoms with van der Waals surface area (Å²) in [6.07, 6.45) is 0. The Morgan fingerprint density at radius 3 is 1.61 bits per heavy atom. The maximum atomic E-state index is 6.51. The highest BCUT2D eigenvalue weighted by Crippen LogP contribution is 2.41. The highest BCUT2D eigenvalue weighted by atomic mass is 16.3. The Labute approximate surface area is 379 Å². The molecular formula is C54H41B7N2O. The first-order chi connectivity index (χ1) is 31.2.